The number of nitrogens with one attached hydrogen (secondary N) is 1. The Morgan fingerprint density at radius 3 is 2.70 bits per heavy atom. The van der Waals surface area contributed by atoms with E-state index in [2.05, 4.69) is 4.72 Å². The standard InChI is InChI=1S/C14H16N2O5S2/c1-20-12-7-10(4-5-11(12)21-9-13(15)17)8-16-23(18,19)14-3-2-6-22-14/h2-7,16H,8-9H2,1H3,(H2,15,17). The molecule has 23 heavy (non-hydrogen) atoms. The topological polar surface area (TPSA) is 108 Å². The van der Waals surface area contributed by atoms with Crippen molar-refractivity contribution in [2.75, 3.05) is 13.7 Å². The Morgan fingerprint density at radius 1 is 1.30 bits per heavy atom. The van der Waals surface area contributed by atoms with Gasteiger partial charge in [0, 0.05) is 6.54 Å². The minimum atomic E-state index is -3.53. The number of rotatable bonds is 8. The number of amides is 1. The lowest BCUT2D eigenvalue weighted by atomic mass is 10.2. The number of carbonyl (C=O) groups is 1. The summed E-state index contributed by atoms with van der Waals surface area (Å²) in [6.07, 6.45) is 0. The molecule has 0 aliphatic heterocycles. The normalized spacial score (nSPS) is 11.2. The number of sulfonamides is 1. The van der Waals surface area contributed by atoms with E-state index in [0.717, 1.165) is 11.3 Å². The van der Waals surface area contributed by atoms with E-state index in [9.17, 15) is 13.2 Å². The number of carbonyl (C=O) groups excluding carboxylic acids is 1. The summed E-state index contributed by atoms with van der Waals surface area (Å²) in [5, 5.41) is 1.70. The molecule has 2 aromatic rings. The largest absolute Gasteiger partial charge is 0.493 e. The van der Waals surface area contributed by atoms with Crippen LogP contribution in [0.1, 0.15) is 5.56 Å². The van der Waals surface area contributed by atoms with Gasteiger partial charge < -0.3 is 15.2 Å². The molecular weight excluding hydrogens is 340 g/mol. The number of hydrogen-bond donors (Lipinski definition) is 2. The number of hydrogen-bond acceptors (Lipinski definition) is 6. The van der Waals surface area contributed by atoms with Gasteiger partial charge >= 0.3 is 0 Å². The maximum atomic E-state index is 12.1. The lowest BCUT2D eigenvalue weighted by Crippen LogP contribution is -2.22. The first-order valence-electron chi connectivity index (χ1n) is 6.53. The second kappa shape index (κ2) is 7.44. The van der Waals surface area contributed by atoms with Gasteiger partial charge in [0.1, 0.15) is 4.21 Å². The minimum absolute atomic E-state index is 0.104. The second-order valence-electron chi connectivity index (χ2n) is 4.50. The molecule has 1 amide bonds. The lowest BCUT2D eigenvalue weighted by molar-refractivity contribution is -0.119. The van der Waals surface area contributed by atoms with Gasteiger partial charge in [-0.25, -0.2) is 13.1 Å². The highest BCUT2D eigenvalue weighted by Crippen LogP contribution is 2.28. The molecule has 7 nitrogen and oxygen atoms in total. The molecule has 124 valence electrons. The van der Waals surface area contributed by atoms with E-state index in [4.69, 9.17) is 15.2 Å². The van der Waals surface area contributed by atoms with Gasteiger partial charge in [0.15, 0.2) is 18.1 Å². The summed E-state index contributed by atoms with van der Waals surface area (Å²) in [7, 11) is -2.08. The highest BCUT2D eigenvalue weighted by atomic mass is 32.2. The number of primary amides is 1. The third-order valence-corrected chi connectivity index (χ3v) is 5.62. The smallest absolute Gasteiger partial charge is 0.255 e. The van der Waals surface area contributed by atoms with Crippen LogP contribution in [0.3, 0.4) is 0 Å². The summed E-state index contributed by atoms with van der Waals surface area (Å²) >= 11 is 1.15. The molecule has 9 heteroatoms. The monoisotopic (exact) mass is 356 g/mol. The van der Waals surface area contributed by atoms with E-state index >= 15 is 0 Å². The zero-order valence-electron chi connectivity index (χ0n) is 12.3. The Hall–Kier alpha value is -2.10. The molecule has 0 fully saturated rings. The molecule has 1 aromatic carbocycles. The Labute approximate surface area is 138 Å². The Morgan fingerprint density at radius 2 is 2.09 bits per heavy atom. The van der Waals surface area contributed by atoms with Crippen LogP contribution in [0, 0.1) is 0 Å². The summed E-state index contributed by atoms with van der Waals surface area (Å²) in [6, 6.07) is 8.11. The zero-order valence-corrected chi connectivity index (χ0v) is 13.9. The van der Waals surface area contributed by atoms with E-state index in [1.54, 1.807) is 29.6 Å². The summed E-state index contributed by atoms with van der Waals surface area (Å²) < 4.78 is 37.3. The van der Waals surface area contributed by atoms with Gasteiger partial charge in [0.25, 0.3) is 5.91 Å². The highest BCUT2D eigenvalue weighted by Gasteiger charge is 2.15. The first-order valence-corrected chi connectivity index (χ1v) is 8.90. The van der Waals surface area contributed by atoms with Crippen molar-refractivity contribution in [3.63, 3.8) is 0 Å². The second-order valence-corrected chi connectivity index (χ2v) is 7.44. The van der Waals surface area contributed by atoms with Crippen molar-refractivity contribution < 1.29 is 22.7 Å². The number of nitrogens with two attached hydrogens (primary N) is 1. The molecular formula is C14H16N2O5S2. The van der Waals surface area contributed by atoms with E-state index in [0.29, 0.717) is 17.1 Å². The maximum Gasteiger partial charge on any atom is 0.255 e. The van der Waals surface area contributed by atoms with Crippen LogP contribution in [0.15, 0.2) is 39.9 Å². The molecule has 0 bridgehead atoms. The van der Waals surface area contributed by atoms with Crippen LogP contribution >= 0.6 is 11.3 Å². The molecule has 1 aromatic heterocycles. The molecule has 0 spiro atoms. The molecule has 0 radical (unpaired) electrons. The summed E-state index contributed by atoms with van der Waals surface area (Å²) in [4.78, 5) is 10.7. The molecule has 0 aliphatic rings. The predicted molar refractivity (Wildman–Crippen MR) is 86.0 cm³/mol. The number of ether oxygens (including phenoxy) is 2. The van der Waals surface area contributed by atoms with Crippen molar-refractivity contribution in [3.05, 3.63) is 41.3 Å². The number of thiophene rings is 1. The Bertz CT molecular complexity index is 772. The molecule has 0 saturated carbocycles. The van der Waals surface area contributed by atoms with Crippen molar-refractivity contribution in [2.45, 2.75) is 10.8 Å². The molecule has 0 saturated heterocycles. The fourth-order valence-corrected chi connectivity index (χ4v) is 3.81. The van der Waals surface area contributed by atoms with Gasteiger partial charge in [-0.05, 0) is 29.1 Å². The molecule has 2 rings (SSSR count). The Kier molecular flexibility index (Phi) is 5.59. The van der Waals surface area contributed by atoms with Crippen LogP contribution in [-0.4, -0.2) is 28.0 Å². The number of benzene rings is 1. The SMILES string of the molecule is COc1cc(CNS(=O)(=O)c2cccs2)ccc1OCC(N)=O. The molecule has 0 atom stereocenters. The van der Waals surface area contributed by atoms with Crippen molar-refractivity contribution in [2.24, 2.45) is 5.73 Å². The Balaban J connectivity index is 2.07. The molecule has 0 aliphatic carbocycles. The van der Waals surface area contributed by atoms with Crippen LogP contribution in [-0.2, 0) is 21.4 Å². The van der Waals surface area contributed by atoms with Crippen LogP contribution in [0.5, 0.6) is 11.5 Å². The van der Waals surface area contributed by atoms with Gasteiger partial charge in [-0.2, -0.15) is 0 Å². The van der Waals surface area contributed by atoms with Gasteiger partial charge in [0.05, 0.1) is 7.11 Å². The maximum absolute atomic E-state index is 12.1. The number of methoxy groups -OCH3 is 1. The van der Waals surface area contributed by atoms with Crippen molar-refractivity contribution in [1.29, 1.82) is 0 Å². The van der Waals surface area contributed by atoms with E-state index in [1.165, 1.54) is 13.2 Å². The van der Waals surface area contributed by atoms with E-state index in [-0.39, 0.29) is 17.4 Å². The third kappa shape index (κ3) is 4.68. The van der Waals surface area contributed by atoms with E-state index < -0.39 is 15.9 Å². The fraction of sp³-hybridized carbons (Fsp3) is 0.214. The highest BCUT2D eigenvalue weighted by molar-refractivity contribution is 7.91. The van der Waals surface area contributed by atoms with Crippen molar-refractivity contribution in [3.8, 4) is 11.5 Å². The predicted octanol–water partition coefficient (Wildman–Crippen LogP) is 1.10. The summed E-state index contributed by atoms with van der Waals surface area (Å²) in [5.41, 5.74) is 5.71. The molecule has 0 unspecified atom stereocenters. The van der Waals surface area contributed by atoms with Crippen molar-refractivity contribution in [1.82, 2.24) is 4.72 Å². The summed E-state index contributed by atoms with van der Waals surface area (Å²) in [5.74, 6) is 0.148. The van der Waals surface area contributed by atoms with Gasteiger partial charge in [-0.1, -0.05) is 12.1 Å². The van der Waals surface area contributed by atoms with E-state index in [1.807, 2.05) is 0 Å². The van der Waals surface area contributed by atoms with Crippen LogP contribution in [0.25, 0.3) is 0 Å². The van der Waals surface area contributed by atoms with Crippen LogP contribution in [0.4, 0.5) is 0 Å². The minimum Gasteiger partial charge on any atom is -0.493 e. The van der Waals surface area contributed by atoms with Gasteiger partial charge in [-0.3, -0.25) is 4.79 Å². The van der Waals surface area contributed by atoms with Crippen LogP contribution < -0.4 is 19.9 Å². The molecule has 1 heterocycles. The average molecular weight is 356 g/mol. The van der Waals surface area contributed by atoms with Gasteiger partial charge in [0.2, 0.25) is 10.0 Å². The third-order valence-electron chi connectivity index (χ3n) is 2.82. The molecule has 3 N–H and O–H groups in total. The lowest BCUT2D eigenvalue weighted by Gasteiger charge is -2.11. The first kappa shape index (κ1) is 17.3. The van der Waals surface area contributed by atoms with Gasteiger partial charge in [-0.15, -0.1) is 11.3 Å². The fourth-order valence-electron chi connectivity index (χ4n) is 1.76. The zero-order chi connectivity index (χ0) is 16.9. The quantitative estimate of drug-likeness (QED) is 0.736. The average Bonchev–Trinajstić information content (AvgIpc) is 3.06. The van der Waals surface area contributed by atoms with Crippen molar-refractivity contribution >= 4 is 27.3 Å². The van der Waals surface area contributed by atoms with Crippen LogP contribution in [0.2, 0.25) is 0 Å². The summed E-state index contributed by atoms with van der Waals surface area (Å²) in [6.45, 7) is -0.159. The first-order chi connectivity index (χ1) is 10.9.